The Morgan fingerprint density at radius 2 is 0.580 bits per heavy atom. The van der Waals surface area contributed by atoms with E-state index in [2.05, 4.69) is 43.5 Å². The molecule has 0 rings (SSSR count). The van der Waals surface area contributed by atoms with E-state index in [1.807, 2.05) is 0 Å². The van der Waals surface area contributed by atoms with Gasteiger partial charge in [0.15, 0.2) is 0 Å². The largest absolute Gasteiger partial charge is 0.466 e. The molecule has 1 amide bonds. The van der Waals surface area contributed by atoms with E-state index in [-0.39, 0.29) is 18.5 Å². The summed E-state index contributed by atoms with van der Waals surface area (Å²) in [5.41, 5.74) is 0. The topological polar surface area (TPSA) is 95.9 Å². The molecule has 0 aromatic rings. The summed E-state index contributed by atoms with van der Waals surface area (Å²) in [4.78, 5) is 24.6. The molecule has 81 heavy (non-hydrogen) atoms. The Kier molecular flexibility index (Phi) is 69.4. The predicted octanol–water partition coefficient (Wildman–Crippen LogP) is 24.1. The van der Waals surface area contributed by atoms with Gasteiger partial charge in [-0.05, 0) is 77.0 Å². The van der Waals surface area contributed by atoms with E-state index in [0.717, 1.165) is 44.9 Å². The van der Waals surface area contributed by atoms with Crippen molar-refractivity contribution >= 4 is 11.9 Å². The molecule has 0 aliphatic carbocycles. The normalized spacial score (nSPS) is 12.6. The second-order valence-corrected chi connectivity index (χ2v) is 25.6. The third-order valence-electron chi connectivity index (χ3n) is 17.5. The minimum atomic E-state index is -0.666. The van der Waals surface area contributed by atoms with Crippen molar-refractivity contribution in [3.8, 4) is 0 Å². The van der Waals surface area contributed by atoms with Crippen LogP contribution >= 0.6 is 0 Å². The van der Waals surface area contributed by atoms with Crippen molar-refractivity contribution in [3.05, 3.63) is 24.3 Å². The lowest BCUT2D eigenvalue weighted by Crippen LogP contribution is -2.45. The molecule has 3 N–H and O–H groups in total. The van der Waals surface area contributed by atoms with Crippen molar-refractivity contribution in [2.75, 3.05) is 13.2 Å². The van der Waals surface area contributed by atoms with Gasteiger partial charge in [-0.15, -0.1) is 0 Å². The molecule has 0 aliphatic heterocycles. The molecule has 6 heteroatoms. The second-order valence-electron chi connectivity index (χ2n) is 25.6. The Hall–Kier alpha value is -1.66. The number of amides is 1. The van der Waals surface area contributed by atoms with Crippen LogP contribution in [-0.2, 0) is 14.3 Å². The first-order valence-corrected chi connectivity index (χ1v) is 37.1. The van der Waals surface area contributed by atoms with E-state index in [9.17, 15) is 19.8 Å². The Morgan fingerprint density at radius 1 is 0.333 bits per heavy atom. The fraction of sp³-hybridized carbons (Fsp3) is 0.920. The van der Waals surface area contributed by atoms with E-state index >= 15 is 0 Å². The Balaban J connectivity index is 3.39. The third-order valence-corrected chi connectivity index (χ3v) is 17.5. The summed E-state index contributed by atoms with van der Waals surface area (Å²) in [5, 5.41) is 23.5. The summed E-state index contributed by atoms with van der Waals surface area (Å²) in [6.07, 6.45) is 89.5. The average molecular weight is 1140 g/mol. The Morgan fingerprint density at radius 3 is 0.889 bits per heavy atom. The summed E-state index contributed by atoms with van der Waals surface area (Å²) in [7, 11) is 0. The number of aliphatic hydroxyl groups is 2. The van der Waals surface area contributed by atoms with E-state index in [1.54, 1.807) is 0 Å². The first kappa shape index (κ1) is 79.3. The van der Waals surface area contributed by atoms with Gasteiger partial charge in [0.1, 0.15) is 0 Å². The van der Waals surface area contributed by atoms with Gasteiger partial charge in [0.05, 0.1) is 25.4 Å². The predicted molar refractivity (Wildman–Crippen MR) is 356 cm³/mol. The first-order valence-electron chi connectivity index (χ1n) is 37.1. The third kappa shape index (κ3) is 67.3. The van der Waals surface area contributed by atoms with Gasteiger partial charge < -0.3 is 20.3 Å². The van der Waals surface area contributed by atoms with Crippen LogP contribution < -0.4 is 5.32 Å². The zero-order valence-electron chi connectivity index (χ0n) is 55.0. The Bertz CT molecular complexity index is 1270. The van der Waals surface area contributed by atoms with E-state index < -0.39 is 12.1 Å². The van der Waals surface area contributed by atoms with E-state index in [1.165, 1.54) is 340 Å². The van der Waals surface area contributed by atoms with Crippen LogP contribution in [0.4, 0.5) is 0 Å². The summed E-state index contributed by atoms with van der Waals surface area (Å²) in [5.74, 6) is -0.0240. The molecule has 480 valence electrons. The monoisotopic (exact) mass is 1140 g/mol. The molecule has 0 aromatic carbocycles. The lowest BCUT2D eigenvalue weighted by atomic mass is 10.0. The maximum atomic E-state index is 12.6. The van der Waals surface area contributed by atoms with Crippen molar-refractivity contribution in [3.63, 3.8) is 0 Å². The second kappa shape index (κ2) is 70.8. The molecule has 0 aliphatic rings. The van der Waals surface area contributed by atoms with Gasteiger partial charge in [-0.2, -0.15) is 0 Å². The lowest BCUT2D eigenvalue weighted by Gasteiger charge is -2.22. The number of esters is 1. The van der Waals surface area contributed by atoms with Gasteiger partial charge in [-0.3, -0.25) is 9.59 Å². The van der Waals surface area contributed by atoms with Crippen molar-refractivity contribution in [1.82, 2.24) is 5.32 Å². The molecule has 0 fully saturated rings. The molecule has 0 bridgehead atoms. The number of ether oxygens (including phenoxy) is 1. The lowest BCUT2D eigenvalue weighted by molar-refractivity contribution is -0.143. The minimum Gasteiger partial charge on any atom is -0.466 e. The fourth-order valence-electron chi connectivity index (χ4n) is 11.8. The van der Waals surface area contributed by atoms with Crippen LogP contribution in [0.1, 0.15) is 418 Å². The van der Waals surface area contributed by atoms with Crippen LogP contribution in [0.2, 0.25) is 0 Å². The zero-order chi connectivity index (χ0) is 58.5. The highest BCUT2D eigenvalue weighted by molar-refractivity contribution is 5.76. The van der Waals surface area contributed by atoms with Gasteiger partial charge in [-0.25, -0.2) is 0 Å². The van der Waals surface area contributed by atoms with Crippen molar-refractivity contribution in [2.45, 2.75) is 431 Å². The van der Waals surface area contributed by atoms with E-state index in [4.69, 9.17) is 4.74 Å². The highest BCUT2D eigenvalue weighted by Gasteiger charge is 2.20. The number of nitrogens with one attached hydrogen (secondary N) is 1. The molecule has 6 nitrogen and oxygen atoms in total. The van der Waals surface area contributed by atoms with Crippen LogP contribution in [0.15, 0.2) is 24.3 Å². The van der Waals surface area contributed by atoms with Crippen LogP contribution in [-0.4, -0.2) is 47.4 Å². The first-order chi connectivity index (χ1) is 40.0. The summed E-state index contributed by atoms with van der Waals surface area (Å²) < 4.78 is 5.48. The standard InChI is InChI=1S/C75H145NO5/c1-3-5-7-9-11-13-15-17-18-19-20-21-22-28-31-34-37-40-44-47-51-55-59-63-67-73(78)72(71-77)76-74(79)68-64-60-56-52-48-45-41-38-35-32-29-26-24-23-25-27-30-33-36-39-42-46-50-54-58-62-66-70-81-75(80)69-65-61-57-53-49-43-16-14-12-10-8-6-4-2/h14,16,23-24,72-73,77-78H,3-13,15,17-22,25-71H2,1-2H3,(H,76,79)/b16-14-,24-23-. The minimum absolute atomic E-state index is 0.00672. The maximum Gasteiger partial charge on any atom is 0.305 e. The van der Waals surface area contributed by atoms with Gasteiger partial charge in [0, 0.05) is 12.8 Å². The van der Waals surface area contributed by atoms with Gasteiger partial charge in [0.2, 0.25) is 5.91 Å². The van der Waals surface area contributed by atoms with Crippen molar-refractivity contribution in [2.24, 2.45) is 0 Å². The highest BCUT2D eigenvalue weighted by atomic mass is 16.5. The van der Waals surface area contributed by atoms with E-state index in [0.29, 0.717) is 25.9 Å². The summed E-state index contributed by atoms with van der Waals surface area (Å²) in [6, 6.07) is -0.543. The molecule has 0 saturated heterocycles. The number of rotatable bonds is 70. The zero-order valence-corrected chi connectivity index (χ0v) is 55.0. The molecule has 2 atom stereocenters. The van der Waals surface area contributed by atoms with Gasteiger partial charge in [-0.1, -0.05) is 353 Å². The van der Waals surface area contributed by atoms with Gasteiger partial charge >= 0.3 is 5.97 Å². The highest BCUT2D eigenvalue weighted by Crippen LogP contribution is 2.19. The molecule has 0 aromatic heterocycles. The molecule has 0 heterocycles. The van der Waals surface area contributed by atoms with Crippen molar-refractivity contribution in [1.29, 1.82) is 0 Å². The van der Waals surface area contributed by atoms with Crippen LogP contribution in [0.25, 0.3) is 0 Å². The Labute approximate surface area is 507 Å². The number of carbonyl (C=O) groups excluding carboxylic acids is 2. The number of unbranched alkanes of at least 4 members (excludes halogenated alkanes) is 55. The SMILES string of the molecule is CCCCCC/C=C\CCCCCCCC(=O)OCCCCCCCCCCCCCC/C=C\CCCCCCCCCCCCCC(=O)NC(CO)C(O)CCCCCCCCCCCCCCCCCCCCCCCCCC. The number of aliphatic hydroxyl groups excluding tert-OH is 2. The van der Waals surface area contributed by atoms with Crippen LogP contribution in [0.5, 0.6) is 0 Å². The quantitative estimate of drug-likeness (QED) is 0.0320. The molecular formula is C75H145NO5. The number of hydrogen-bond acceptors (Lipinski definition) is 5. The summed E-state index contributed by atoms with van der Waals surface area (Å²) in [6.45, 7) is 4.98. The number of allylic oxidation sites excluding steroid dienone is 4. The van der Waals surface area contributed by atoms with Crippen molar-refractivity contribution < 1.29 is 24.5 Å². The number of carbonyl (C=O) groups is 2. The van der Waals surface area contributed by atoms with Crippen LogP contribution in [0, 0.1) is 0 Å². The number of hydrogen-bond donors (Lipinski definition) is 3. The smallest absolute Gasteiger partial charge is 0.305 e. The molecule has 2 unspecified atom stereocenters. The fourth-order valence-corrected chi connectivity index (χ4v) is 11.8. The maximum absolute atomic E-state index is 12.6. The molecule has 0 radical (unpaired) electrons. The van der Waals surface area contributed by atoms with Crippen LogP contribution in [0.3, 0.4) is 0 Å². The molecule has 0 spiro atoms. The molecule has 0 saturated carbocycles. The summed E-state index contributed by atoms with van der Waals surface area (Å²) >= 11 is 0. The average Bonchev–Trinajstić information content (AvgIpc) is 3.47. The van der Waals surface area contributed by atoms with Gasteiger partial charge in [0.25, 0.3) is 0 Å². The molecular weight excluding hydrogens is 995 g/mol.